The van der Waals surface area contributed by atoms with E-state index in [-0.39, 0.29) is 11.8 Å². The molecule has 1 aromatic heterocycles. The van der Waals surface area contributed by atoms with Gasteiger partial charge >= 0.3 is 0 Å². The smallest absolute Gasteiger partial charge is 0.257 e. The molecule has 0 atom stereocenters. The van der Waals surface area contributed by atoms with Gasteiger partial charge in [-0.25, -0.2) is 9.97 Å². The van der Waals surface area contributed by atoms with Crippen LogP contribution in [0.25, 0.3) is 0 Å². The van der Waals surface area contributed by atoms with E-state index in [0.717, 1.165) is 0 Å². The number of aromatic nitrogens is 2. The van der Waals surface area contributed by atoms with E-state index in [1.807, 2.05) is 13.8 Å². The predicted molar refractivity (Wildman–Crippen MR) is 69.7 cm³/mol. The molecule has 1 fully saturated rings. The molecular weight excluding hydrogens is 244 g/mol. The molecule has 1 saturated heterocycles. The van der Waals surface area contributed by atoms with E-state index in [2.05, 4.69) is 9.97 Å². The Labute approximate surface area is 112 Å². The fraction of sp³-hybridized carbons (Fsp3) is 0.538. The summed E-state index contributed by atoms with van der Waals surface area (Å²) in [6.07, 6.45) is 1.47. The van der Waals surface area contributed by atoms with Crippen LogP contribution in [0.2, 0.25) is 0 Å². The van der Waals surface area contributed by atoms with Crippen LogP contribution in [0, 0.1) is 13.8 Å². The zero-order valence-electron chi connectivity index (χ0n) is 11.5. The van der Waals surface area contributed by atoms with Gasteiger partial charge < -0.3 is 9.80 Å². The molecule has 6 heteroatoms. The minimum absolute atomic E-state index is 0.0428. The van der Waals surface area contributed by atoms with Crippen LogP contribution in [0.1, 0.15) is 28.7 Å². The van der Waals surface area contributed by atoms with Gasteiger partial charge in [-0.3, -0.25) is 9.59 Å². The summed E-state index contributed by atoms with van der Waals surface area (Å²) in [5.74, 6) is 0.0151. The van der Waals surface area contributed by atoms with E-state index in [9.17, 15) is 9.59 Å². The van der Waals surface area contributed by atoms with Crippen LogP contribution in [0.3, 0.4) is 0 Å². The molecule has 6 nitrogen and oxygen atoms in total. The topological polar surface area (TPSA) is 66.4 Å². The number of rotatable bonds is 1. The summed E-state index contributed by atoms with van der Waals surface area (Å²) in [7, 11) is 0. The lowest BCUT2D eigenvalue weighted by Gasteiger charge is -2.34. The van der Waals surface area contributed by atoms with E-state index >= 15 is 0 Å². The third kappa shape index (κ3) is 2.72. The van der Waals surface area contributed by atoms with Gasteiger partial charge in [0.25, 0.3) is 5.91 Å². The van der Waals surface area contributed by atoms with Gasteiger partial charge in [0.05, 0.1) is 17.0 Å². The molecule has 2 heterocycles. The number of piperazine rings is 1. The summed E-state index contributed by atoms with van der Waals surface area (Å²) in [5.41, 5.74) is 1.98. The quantitative estimate of drug-likeness (QED) is 0.734. The largest absolute Gasteiger partial charge is 0.339 e. The molecule has 1 aromatic rings. The zero-order valence-corrected chi connectivity index (χ0v) is 11.5. The van der Waals surface area contributed by atoms with Gasteiger partial charge in [-0.15, -0.1) is 0 Å². The molecule has 0 radical (unpaired) electrons. The number of aryl methyl sites for hydroxylation is 2. The molecule has 1 aliphatic heterocycles. The van der Waals surface area contributed by atoms with Crippen molar-refractivity contribution in [2.24, 2.45) is 0 Å². The molecule has 0 N–H and O–H groups in total. The average molecular weight is 262 g/mol. The molecule has 2 amide bonds. The molecule has 0 bridgehead atoms. The Morgan fingerprint density at radius 3 is 1.95 bits per heavy atom. The number of hydrogen-bond acceptors (Lipinski definition) is 4. The summed E-state index contributed by atoms with van der Waals surface area (Å²) in [6.45, 7) is 7.48. The molecular formula is C13H18N4O2. The van der Waals surface area contributed by atoms with Crippen molar-refractivity contribution in [1.29, 1.82) is 0 Å². The molecule has 19 heavy (non-hydrogen) atoms. The Morgan fingerprint density at radius 2 is 1.47 bits per heavy atom. The summed E-state index contributed by atoms with van der Waals surface area (Å²) in [6, 6.07) is 0. The second kappa shape index (κ2) is 5.34. The predicted octanol–water partition coefficient (Wildman–Crippen LogP) is 0.398. The normalized spacial score (nSPS) is 15.5. The molecule has 2 rings (SSSR count). The van der Waals surface area contributed by atoms with Crippen molar-refractivity contribution in [2.75, 3.05) is 26.2 Å². The standard InChI is InChI=1S/C13H18N4O2/c1-9-12(10(2)15-8-14-9)13(19)17-6-4-16(5-7-17)11(3)18/h8H,4-7H2,1-3H3. The highest BCUT2D eigenvalue weighted by Crippen LogP contribution is 2.13. The van der Waals surface area contributed by atoms with Crippen molar-refractivity contribution >= 4 is 11.8 Å². The van der Waals surface area contributed by atoms with Crippen molar-refractivity contribution in [1.82, 2.24) is 19.8 Å². The molecule has 0 spiro atoms. The van der Waals surface area contributed by atoms with Gasteiger partial charge in [-0.05, 0) is 13.8 Å². The van der Waals surface area contributed by atoms with Gasteiger partial charge in [-0.1, -0.05) is 0 Å². The molecule has 0 unspecified atom stereocenters. The second-order valence-corrected chi connectivity index (χ2v) is 4.72. The van der Waals surface area contributed by atoms with Crippen LogP contribution >= 0.6 is 0 Å². The molecule has 0 saturated carbocycles. The number of amides is 2. The van der Waals surface area contributed by atoms with Crippen LogP contribution in [0.5, 0.6) is 0 Å². The van der Waals surface area contributed by atoms with Crippen molar-refractivity contribution < 1.29 is 9.59 Å². The number of hydrogen-bond donors (Lipinski definition) is 0. The monoisotopic (exact) mass is 262 g/mol. The zero-order chi connectivity index (χ0) is 14.0. The lowest BCUT2D eigenvalue weighted by Crippen LogP contribution is -2.50. The minimum Gasteiger partial charge on any atom is -0.339 e. The van der Waals surface area contributed by atoms with E-state index in [1.165, 1.54) is 6.33 Å². The second-order valence-electron chi connectivity index (χ2n) is 4.72. The fourth-order valence-corrected chi connectivity index (χ4v) is 2.29. The van der Waals surface area contributed by atoms with E-state index in [0.29, 0.717) is 43.1 Å². The van der Waals surface area contributed by atoms with Gasteiger partial charge in [0.15, 0.2) is 0 Å². The van der Waals surface area contributed by atoms with E-state index in [1.54, 1.807) is 16.7 Å². The summed E-state index contributed by atoms with van der Waals surface area (Å²) >= 11 is 0. The Bertz CT molecular complexity index is 487. The first-order chi connectivity index (χ1) is 9.00. The van der Waals surface area contributed by atoms with Crippen LogP contribution in [0.15, 0.2) is 6.33 Å². The Kier molecular flexibility index (Phi) is 3.78. The van der Waals surface area contributed by atoms with E-state index in [4.69, 9.17) is 0 Å². The molecule has 0 aromatic carbocycles. The first-order valence-electron chi connectivity index (χ1n) is 6.33. The highest BCUT2D eigenvalue weighted by atomic mass is 16.2. The number of carbonyl (C=O) groups is 2. The van der Waals surface area contributed by atoms with E-state index < -0.39 is 0 Å². The Balaban J connectivity index is 2.12. The van der Waals surface area contributed by atoms with Crippen LogP contribution in [-0.2, 0) is 4.79 Å². The lowest BCUT2D eigenvalue weighted by molar-refractivity contribution is -0.130. The van der Waals surface area contributed by atoms with Gasteiger partial charge in [0.2, 0.25) is 5.91 Å². The number of carbonyl (C=O) groups excluding carboxylic acids is 2. The SMILES string of the molecule is CC(=O)N1CCN(C(=O)c2c(C)ncnc2C)CC1. The third-order valence-corrected chi connectivity index (χ3v) is 3.45. The summed E-state index contributed by atoms with van der Waals surface area (Å²) in [5, 5.41) is 0. The Hall–Kier alpha value is -1.98. The van der Waals surface area contributed by atoms with Gasteiger partial charge in [-0.2, -0.15) is 0 Å². The lowest BCUT2D eigenvalue weighted by atomic mass is 10.1. The first-order valence-corrected chi connectivity index (χ1v) is 6.33. The van der Waals surface area contributed by atoms with Crippen molar-refractivity contribution in [2.45, 2.75) is 20.8 Å². The van der Waals surface area contributed by atoms with Crippen LogP contribution in [0.4, 0.5) is 0 Å². The van der Waals surface area contributed by atoms with Gasteiger partial charge in [0.1, 0.15) is 6.33 Å². The molecule has 1 aliphatic rings. The maximum atomic E-state index is 12.5. The van der Waals surface area contributed by atoms with Crippen molar-refractivity contribution in [3.63, 3.8) is 0 Å². The maximum Gasteiger partial charge on any atom is 0.257 e. The van der Waals surface area contributed by atoms with Crippen LogP contribution in [-0.4, -0.2) is 57.8 Å². The Morgan fingerprint density at radius 1 is 1.00 bits per heavy atom. The van der Waals surface area contributed by atoms with Crippen molar-refractivity contribution in [3.05, 3.63) is 23.3 Å². The highest BCUT2D eigenvalue weighted by Gasteiger charge is 2.25. The summed E-state index contributed by atoms with van der Waals surface area (Å²) in [4.78, 5) is 35.4. The summed E-state index contributed by atoms with van der Waals surface area (Å²) < 4.78 is 0. The van der Waals surface area contributed by atoms with Crippen molar-refractivity contribution in [3.8, 4) is 0 Å². The maximum absolute atomic E-state index is 12.5. The van der Waals surface area contributed by atoms with Crippen LogP contribution < -0.4 is 0 Å². The minimum atomic E-state index is -0.0428. The number of nitrogens with zero attached hydrogens (tertiary/aromatic N) is 4. The highest BCUT2D eigenvalue weighted by molar-refractivity contribution is 5.96. The third-order valence-electron chi connectivity index (χ3n) is 3.45. The average Bonchev–Trinajstić information content (AvgIpc) is 2.38. The molecule has 0 aliphatic carbocycles. The first kappa shape index (κ1) is 13.5. The fourth-order valence-electron chi connectivity index (χ4n) is 2.29. The van der Waals surface area contributed by atoms with Gasteiger partial charge in [0, 0.05) is 33.1 Å². The molecule has 102 valence electrons.